The van der Waals surface area contributed by atoms with Gasteiger partial charge in [-0.2, -0.15) is 4.98 Å². The Balaban J connectivity index is 2.14. The summed E-state index contributed by atoms with van der Waals surface area (Å²) >= 11 is 0. The van der Waals surface area contributed by atoms with Gasteiger partial charge in [0.15, 0.2) is 5.82 Å². The van der Waals surface area contributed by atoms with E-state index in [1.807, 2.05) is 20.8 Å². The van der Waals surface area contributed by atoms with Gasteiger partial charge in [-0.05, 0) is 12.8 Å². The zero-order chi connectivity index (χ0) is 16.6. The first-order valence-electron chi connectivity index (χ1n) is 7.52. The molecule has 1 aromatic rings. The summed E-state index contributed by atoms with van der Waals surface area (Å²) < 4.78 is 10.2. The largest absolute Gasteiger partial charge is 0.466 e. The van der Waals surface area contributed by atoms with Crippen molar-refractivity contribution >= 4 is 11.9 Å². The van der Waals surface area contributed by atoms with E-state index in [1.54, 1.807) is 0 Å². The van der Waals surface area contributed by atoms with Gasteiger partial charge in [-0.15, -0.1) is 0 Å². The van der Waals surface area contributed by atoms with Crippen LogP contribution in [0.5, 0.6) is 0 Å². The van der Waals surface area contributed by atoms with Crippen molar-refractivity contribution in [2.24, 2.45) is 0 Å². The fraction of sp³-hybridized carbons (Fsp3) is 0.733. The van der Waals surface area contributed by atoms with Gasteiger partial charge in [-0.3, -0.25) is 9.59 Å². The monoisotopic (exact) mass is 311 g/mol. The van der Waals surface area contributed by atoms with Crippen LogP contribution in [0.4, 0.5) is 0 Å². The highest BCUT2D eigenvalue weighted by Crippen LogP contribution is 2.18. The van der Waals surface area contributed by atoms with Crippen molar-refractivity contribution in [3.63, 3.8) is 0 Å². The molecule has 0 atom stereocenters. The summed E-state index contributed by atoms with van der Waals surface area (Å²) in [6, 6.07) is 0. The fourth-order valence-electron chi connectivity index (χ4n) is 1.64. The van der Waals surface area contributed by atoms with Crippen LogP contribution >= 0.6 is 0 Å². The molecule has 0 radical (unpaired) electrons. The Morgan fingerprint density at radius 2 is 2.00 bits per heavy atom. The molecule has 22 heavy (non-hydrogen) atoms. The Bertz CT molecular complexity index is 491. The summed E-state index contributed by atoms with van der Waals surface area (Å²) in [5.41, 5.74) is -0.144. The highest BCUT2D eigenvalue weighted by Gasteiger charge is 2.20. The van der Waals surface area contributed by atoms with Gasteiger partial charge in [-0.25, -0.2) is 0 Å². The van der Waals surface area contributed by atoms with Crippen molar-refractivity contribution < 1.29 is 18.8 Å². The molecule has 124 valence electrons. The summed E-state index contributed by atoms with van der Waals surface area (Å²) in [7, 11) is 0. The number of amides is 1. The summed E-state index contributed by atoms with van der Waals surface area (Å²) in [5.74, 6) is 0.880. The van der Waals surface area contributed by atoms with E-state index in [9.17, 15) is 9.59 Å². The fourth-order valence-corrected chi connectivity index (χ4v) is 1.64. The maximum Gasteiger partial charge on any atom is 0.305 e. The third-order valence-corrected chi connectivity index (χ3v) is 2.87. The van der Waals surface area contributed by atoms with E-state index in [4.69, 9.17) is 9.26 Å². The van der Waals surface area contributed by atoms with Crippen molar-refractivity contribution in [3.05, 3.63) is 11.7 Å². The highest BCUT2D eigenvalue weighted by atomic mass is 16.5. The predicted molar refractivity (Wildman–Crippen MR) is 80.2 cm³/mol. The minimum absolute atomic E-state index is 0.0829. The van der Waals surface area contributed by atoms with Crippen LogP contribution in [0, 0.1) is 0 Å². The van der Waals surface area contributed by atoms with Crippen LogP contribution in [0.2, 0.25) is 0 Å². The molecule has 0 aromatic carbocycles. The molecule has 0 spiro atoms. The average molecular weight is 311 g/mol. The first-order chi connectivity index (χ1) is 10.3. The van der Waals surface area contributed by atoms with E-state index >= 15 is 0 Å². The molecule has 0 unspecified atom stereocenters. The van der Waals surface area contributed by atoms with Gasteiger partial charge in [-0.1, -0.05) is 25.9 Å². The second kappa shape index (κ2) is 8.51. The normalized spacial score (nSPS) is 11.3. The van der Waals surface area contributed by atoms with Crippen molar-refractivity contribution in [3.8, 4) is 0 Å². The number of ether oxygens (including phenoxy) is 1. The molecule has 1 heterocycles. The maximum absolute atomic E-state index is 11.5. The van der Waals surface area contributed by atoms with Crippen molar-refractivity contribution in [1.29, 1.82) is 0 Å². The van der Waals surface area contributed by atoms with Crippen LogP contribution < -0.4 is 5.32 Å². The Labute approximate surface area is 130 Å². The number of nitrogens with one attached hydrogen (secondary N) is 1. The maximum atomic E-state index is 11.5. The molecule has 0 saturated carbocycles. The minimum atomic E-state index is -0.251. The third kappa shape index (κ3) is 7.19. The lowest BCUT2D eigenvalue weighted by Gasteiger charge is -2.10. The summed E-state index contributed by atoms with van der Waals surface area (Å²) in [5, 5.41) is 6.57. The van der Waals surface area contributed by atoms with Crippen molar-refractivity contribution in [2.75, 3.05) is 13.2 Å². The molecule has 1 rings (SSSR count). The Hall–Kier alpha value is -1.92. The zero-order valence-corrected chi connectivity index (χ0v) is 13.8. The van der Waals surface area contributed by atoms with Crippen LogP contribution in [0.15, 0.2) is 4.52 Å². The van der Waals surface area contributed by atoms with E-state index in [0.717, 1.165) is 0 Å². The van der Waals surface area contributed by atoms with Crippen LogP contribution in [-0.4, -0.2) is 35.2 Å². The second-order valence-electron chi connectivity index (χ2n) is 6.17. The number of esters is 1. The summed E-state index contributed by atoms with van der Waals surface area (Å²) in [6.07, 6.45) is 2.09. The molecule has 0 aliphatic rings. The van der Waals surface area contributed by atoms with Crippen LogP contribution in [-0.2, 0) is 26.2 Å². The van der Waals surface area contributed by atoms with Gasteiger partial charge in [0, 0.05) is 31.7 Å². The first-order valence-corrected chi connectivity index (χ1v) is 7.52. The smallest absolute Gasteiger partial charge is 0.305 e. The average Bonchev–Trinajstić information content (AvgIpc) is 2.86. The Morgan fingerprint density at radius 3 is 2.59 bits per heavy atom. The number of rotatable bonds is 8. The van der Waals surface area contributed by atoms with Crippen LogP contribution in [0.3, 0.4) is 0 Å². The Morgan fingerprint density at radius 1 is 1.27 bits per heavy atom. The van der Waals surface area contributed by atoms with Gasteiger partial charge in [0.1, 0.15) is 0 Å². The number of hydrogen-bond donors (Lipinski definition) is 1. The van der Waals surface area contributed by atoms with E-state index in [0.29, 0.717) is 50.6 Å². The van der Waals surface area contributed by atoms with Crippen molar-refractivity contribution in [2.45, 2.75) is 58.8 Å². The first kappa shape index (κ1) is 18.1. The number of nitrogens with zero attached hydrogens (tertiary/aromatic N) is 2. The van der Waals surface area contributed by atoms with Gasteiger partial charge in [0.25, 0.3) is 0 Å². The van der Waals surface area contributed by atoms with E-state index in [1.165, 1.54) is 6.92 Å². The van der Waals surface area contributed by atoms with Crippen LogP contribution in [0.1, 0.15) is 58.7 Å². The molecule has 1 amide bonds. The van der Waals surface area contributed by atoms with Gasteiger partial charge >= 0.3 is 5.97 Å². The lowest BCUT2D eigenvalue weighted by atomic mass is 9.96. The molecule has 7 heteroatoms. The number of aryl methyl sites for hydroxylation is 1. The van der Waals surface area contributed by atoms with E-state index in [2.05, 4.69) is 15.5 Å². The molecular formula is C15H25N3O4. The number of carbonyl (C=O) groups is 2. The van der Waals surface area contributed by atoms with E-state index < -0.39 is 0 Å². The van der Waals surface area contributed by atoms with E-state index in [-0.39, 0.29) is 17.3 Å². The number of hydrogen-bond acceptors (Lipinski definition) is 6. The lowest BCUT2D eigenvalue weighted by Crippen LogP contribution is -2.22. The van der Waals surface area contributed by atoms with Gasteiger partial charge < -0.3 is 14.6 Å². The lowest BCUT2D eigenvalue weighted by molar-refractivity contribution is -0.143. The highest BCUT2D eigenvalue weighted by molar-refractivity contribution is 5.72. The zero-order valence-electron chi connectivity index (χ0n) is 13.8. The Kier molecular flexibility index (Phi) is 7.01. The number of carbonyl (C=O) groups excluding carboxylic acids is 2. The van der Waals surface area contributed by atoms with Crippen LogP contribution in [0.25, 0.3) is 0 Å². The molecule has 0 aliphatic carbocycles. The topological polar surface area (TPSA) is 94.3 Å². The summed E-state index contributed by atoms with van der Waals surface area (Å²) in [4.78, 5) is 26.5. The number of aromatic nitrogens is 2. The molecule has 0 bridgehead atoms. The second-order valence-corrected chi connectivity index (χ2v) is 6.17. The molecule has 0 fully saturated rings. The molecular weight excluding hydrogens is 286 g/mol. The third-order valence-electron chi connectivity index (χ3n) is 2.87. The predicted octanol–water partition coefficient (Wildman–Crippen LogP) is 1.76. The SMILES string of the molecule is CC(=O)NCCCOC(=O)CCCc1nc(C(C)(C)C)no1. The van der Waals surface area contributed by atoms with Gasteiger partial charge in [0.05, 0.1) is 6.61 Å². The molecule has 0 saturated heterocycles. The standard InChI is InChI=1S/C15H25N3O4/c1-11(19)16-9-6-10-21-13(20)8-5-7-12-17-14(18-22-12)15(2,3)4/h5-10H2,1-4H3,(H,16,19). The molecule has 1 N–H and O–H groups in total. The minimum Gasteiger partial charge on any atom is -0.466 e. The van der Waals surface area contributed by atoms with Crippen molar-refractivity contribution in [1.82, 2.24) is 15.5 Å². The summed E-state index contributed by atoms with van der Waals surface area (Å²) in [6.45, 7) is 8.32. The molecule has 7 nitrogen and oxygen atoms in total. The van der Waals surface area contributed by atoms with Gasteiger partial charge in [0.2, 0.25) is 11.8 Å². The molecule has 0 aliphatic heterocycles. The quantitative estimate of drug-likeness (QED) is 0.580. The molecule has 1 aromatic heterocycles.